The maximum absolute atomic E-state index is 11.6. The van der Waals surface area contributed by atoms with Crippen molar-refractivity contribution in [1.29, 1.82) is 0 Å². The van der Waals surface area contributed by atoms with E-state index in [1.807, 2.05) is 6.92 Å². The van der Waals surface area contributed by atoms with Gasteiger partial charge in [-0.05, 0) is 38.0 Å². The summed E-state index contributed by atoms with van der Waals surface area (Å²) in [5, 5.41) is 3.14. The van der Waals surface area contributed by atoms with Gasteiger partial charge in [0.1, 0.15) is 0 Å². The summed E-state index contributed by atoms with van der Waals surface area (Å²) in [4.78, 5) is 11.6. The van der Waals surface area contributed by atoms with Gasteiger partial charge in [0, 0.05) is 13.0 Å². The molecule has 15 heavy (non-hydrogen) atoms. The molecule has 3 heteroatoms. The largest absolute Gasteiger partial charge is 0.349 e. The third-order valence-electron chi connectivity index (χ3n) is 3.50. The predicted octanol–water partition coefficient (Wildman–Crippen LogP) is 1.81. The minimum Gasteiger partial charge on any atom is -0.349 e. The molecular formula is C12H24N2O. The maximum Gasteiger partial charge on any atom is 0.220 e. The van der Waals surface area contributed by atoms with E-state index < -0.39 is 0 Å². The third kappa shape index (κ3) is 3.49. The van der Waals surface area contributed by atoms with Gasteiger partial charge in [-0.25, -0.2) is 0 Å². The van der Waals surface area contributed by atoms with Crippen molar-refractivity contribution in [1.82, 2.24) is 5.32 Å². The summed E-state index contributed by atoms with van der Waals surface area (Å²) in [6, 6.07) is 0. The van der Waals surface area contributed by atoms with E-state index >= 15 is 0 Å². The lowest BCUT2D eigenvalue weighted by Gasteiger charge is -2.39. The summed E-state index contributed by atoms with van der Waals surface area (Å²) in [5.74, 6) is 0.949. The number of amides is 1. The molecule has 0 aromatic heterocycles. The lowest BCUT2D eigenvalue weighted by atomic mass is 9.77. The lowest BCUT2D eigenvalue weighted by Crippen LogP contribution is -2.55. The van der Waals surface area contributed by atoms with Gasteiger partial charge in [0.25, 0.3) is 0 Å². The first kappa shape index (κ1) is 12.5. The molecule has 1 amide bonds. The van der Waals surface area contributed by atoms with Crippen LogP contribution in [-0.2, 0) is 4.79 Å². The van der Waals surface area contributed by atoms with Crippen LogP contribution >= 0.6 is 0 Å². The summed E-state index contributed by atoms with van der Waals surface area (Å²) in [6.07, 6.45) is 5.98. The van der Waals surface area contributed by atoms with Gasteiger partial charge in [-0.2, -0.15) is 0 Å². The second-order valence-corrected chi connectivity index (χ2v) is 4.97. The maximum atomic E-state index is 11.6. The van der Waals surface area contributed by atoms with Gasteiger partial charge in [0.05, 0.1) is 5.54 Å². The molecule has 0 aromatic rings. The SMILES string of the molecule is CCCC(=O)NC1(CN)CCC(C)CC1. The van der Waals surface area contributed by atoms with Gasteiger partial charge < -0.3 is 11.1 Å². The second-order valence-electron chi connectivity index (χ2n) is 4.97. The van der Waals surface area contributed by atoms with E-state index in [0.717, 1.165) is 25.2 Å². The summed E-state index contributed by atoms with van der Waals surface area (Å²) in [6.45, 7) is 4.88. The van der Waals surface area contributed by atoms with Crippen LogP contribution < -0.4 is 11.1 Å². The molecule has 0 bridgehead atoms. The minimum atomic E-state index is -0.0984. The van der Waals surface area contributed by atoms with Crippen LogP contribution in [0.2, 0.25) is 0 Å². The number of carbonyl (C=O) groups is 1. The molecule has 1 aliphatic carbocycles. The number of nitrogens with two attached hydrogens (primary N) is 1. The Labute approximate surface area is 92.8 Å². The van der Waals surface area contributed by atoms with Crippen molar-refractivity contribution in [3.05, 3.63) is 0 Å². The number of rotatable bonds is 4. The molecule has 0 atom stereocenters. The van der Waals surface area contributed by atoms with Gasteiger partial charge in [-0.15, -0.1) is 0 Å². The van der Waals surface area contributed by atoms with E-state index in [0.29, 0.717) is 13.0 Å². The Morgan fingerprint density at radius 3 is 2.53 bits per heavy atom. The van der Waals surface area contributed by atoms with Gasteiger partial charge in [-0.3, -0.25) is 4.79 Å². The van der Waals surface area contributed by atoms with Crippen molar-refractivity contribution in [2.24, 2.45) is 11.7 Å². The van der Waals surface area contributed by atoms with Crippen LogP contribution in [0.15, 0.2) is 0 Å². The van der Waals surface area contributed by atoms with Gasteiger partial charge in [0.2, 0.25) is 5.91 Å². The summed E-state index contributed by atoms with van der Waals surface area (Å²) >= 11 is 0. The van der Waals surface area contributed by atoms with E-state index in [1.54, 1.807) is 0 Å². The first-order valence-electron chi connectivity index (χ1n) is 6.13. The summed E-state index contributed by atoms with van der Waals surface area (Å²) in [5.41, 5.74) is 5.71. The minimum absolute atomic E-state index is 0.0984. The highest BCUT2D eigenvalue weighted by molar-refractivity contribution is 5.76. The molecule has 0 aliphatic heterocycles. The van der Waals surface area contributed by atoms with Gasteiger partial charge in [0.15, 0.2) is 0 Å². The van der Waals surface area contributed by atoms with Crippen molar-refractivity contribution in [2.45, 2.75) is 57.9 Å². The van der Waals surface area contributed by atoms with Crippen molar-refractivity contribution in [3.8, 4) is 0 Å². The Kier molecular flexibility index (Phi) is 4.58. The van der Waals surface area contributed by atoms with Gasteiger partial charge >= 0.3 is 0 Å². The number of hydrogen-bond acceptors (Lipinski definition) is 2. The molecule has 88 valence electrons. The first-order valence-corrected chi connectivity index (χ1v) is 6.13. The van der Waals surface area contributed by atoms with E-state index in [4.69, 9.17) is 5.73 Å². The molecule has 0 spiro atoms. The number of hydrogen-bond donors (Lipinski definition) is 2. The average Bonchev–Trinajstić information content (AvgIpc) is 2.22. The molecule has 1 fully saturated rings. The molecule has 3 N–H and O–H groups in total. The Morgan fingerprint density at radius 2 is 2.07 bits per heavy atom. The predicted molar refractivity (Wildman–Crippen MR) is 62.5 cm³/mol. The monoisotopic (exact) mass is 212 g/mol. The lowest BCUT2D eigenvalue weighted by molar-refractivity contribution is -0.123. The first-order chi connectivity index (χ1) is 7.12. The van der Waals surface area contributed by atoms with Crippen molar-refractivity contribution in [3.63, 3.8) is 0 Å². The van der Waals surface area contributed by atoms with Crippen molar-refractivity contribution < 1.29 is 4.79 Å². The molecule has 1 rings (SSSR count). The molecule has 1 saturated carbocycles. The van der Waals surface area contributed by atoms with Crippen LogP contribution in [0, 0.1) is 5.92 Å². The molecule has 0 saturated heterocycles. The zero-order valence-electron chi connectivity index (χ0n) is 10.0. The van der Waals surface area contributed by atoms with Crippen molar-refractivity contribution >= 4 is 5.91 Å². The van der Waals surface area contributed by atoms with Crippen LogP contribution in [0.4, 0.5) is 0 Å². The standard InChI is InChI=1S/C12H24N2O/c1-3-4-11(15)14-12(9-13)7-5-10(2)6-8-12/h10H,3-9,13H2,1-2H3,(H,14,15). The smallest absolute Gasteiger partial charge is 0.220 e. The fraction of sp³-hybridized carbons (Fsp3) is 0.917. The zero-order valence-corrected chi connectivity index (χ0v) is 10.0. The highest BCUT2D eigenvalue weighted by Gasteiger charge is 2.33. The van der Waals surface area contributed by atoms with Crippen LogP contribution in [-0.4, -0.2) is 18.0 Å². The van der Waals surface area contributed by atoms with E-state index in [1.165, 1.54) is 12.8 Å². The van der Waals surface area contributed by atoms with Crippen LogP contribution in [0.5, 0.6) is 0 Å². The van der Waals surface area contributed by atoms with Crippen LogP contribution in [0.3, 0.4) is 0 Å². The Bertz CT molecular complexity index is 208. The van der Waals surface area contributed by atoms with Crippen LogP contribution in [0.1, 0.15) is 52.4 Å². The fourth-order valence-electron chi connectivity index (χ4n) is 2.28. The summed E-state index contributed by atoms with van der Waals surface area (Å²) in [7, 11) is 0. The van der Waals surface area contributed by atoms with Crippen LogP contribution in [0.25, 0.3) is 0 Å². The van der Waals surface area contributed by atoms with E-state index in [2.05, 4.69) is 12.2 Å². The molecule has 3 nitrogen and oxygen atoms in total. The normalized spacial score (nSPS) is 31.3. The van der Waals surface area contributed by atoms with Gasteiger partial charge in [-0.1, -0.05) is 13.8 Å². The highest BCUT2D eigenvalue weighted by atomic mass is 16.1. The third-order valence-corrected chi connectivity index (χ3v) is 3.50. The molecule has 0 radical (unpaired) electrons. The average molecular weight is 212 g/mol. The highest BCUT2D eigenvalue weighted by Crippen LogP contribution is 2.31. The topological polar surface area (TPSA) is 55.1 Å². The Morgan fingerprint density at radius 1 is 1.47 bits per heavy atom. The quantitative estimate of drug-likeness (QED) is 0.746. The number of carbonyl (C=O) groups excluding carboxylic acids is 1. The molecule has 0 unspecified atom stereocenters. The fourth-order valence-corrected chi connectivity index (χ4v) is 2.28. The molecule has 1 aliphatic rings. The Balaban J connectivity index is 2.49. The summed E-state index contributed by atoms with van der Waals surface area (Å²) < 4.78 is 0. The Hall–Kier alpha value is -0.570. The molecule has 0 aromatic carbocycles. The van der Waals surface area contributed by atoms with Crippen molar-refractivity contribution in [2.75, 3.05) is 6.54 Å². The number of nitrogens with one attached hydrogen (secondary N) is 1. The van der Waals surface area contributed by atoms with E-state index in [9.17, 15) is 4.79 Å². The second kappa shape index (κ2) is 5.50. The zero-order chi connectivity index (χ0) is 11.3. The molecular weight excluding hydrogens is 188 g/mol. The van der Waals surface area contributed by atoms with E-state index in [-0.39, 0.29) is 11.4 Å². The molecule has 0 heterocycles.